The van der Waals surface area contributed by atoms with Crippen LogP contribution in [-0.4, -0.2) is 77.2 Å². The van der Waals surface area contributed by atoms with E-state index in [4.69, 9.17) is 4.74 Å². The first-order chi connectivity index (χ1) is 17.3. The van der Waals surface area contributed by atoms with Gasteiger partial charge in [-0.05, 0) is 25.1 Å². The van der Waals surface area contributed by atoms with Crippen LogP contribution in [0.3, 0.4) is 0 Å². The first-order valence-electron chi connectivity index (χ1n) is 11.2. The van der Waals surface area contributed by atoms with Crippen LogP contribution < -0.4 is 10.1 Å². The summed E-state index contributed by atoms with van der Waals surface area (Å²) in [6.07, 6.45) is -0.432. The highest BCUT2D eigenvalue weighted by Crippen LogP contribution is 2.28. The van der Waals surface area contributed by atoms with Crippen molar-refractivity contribution in [2.24, 2.45) is 7.05 Å². The second kappa shape index (κ2) is 10.6. The molecule has 1 aromatic carbocycles. The molecule has 0 aliphatic carbocycles. The highest BCUT2D eigenvalue weighted by atomic mass is 19.1. The van der Waals surface area contributed by atoms with Gasteiger partial charge in [0, 0.05) is 25.6 Å². The van der Waals surface area contributed by atoms with Gasteiger partial charge >= 0.3 is 0 Å². The van der Waals surface area contributed by atoms with E-state index in [2.05, 4.69) is 31.4 Å². The van der Waals surface area contributed by atoms with Gasteiger partial charge in [-0.3, -0.25) is 9.48 Å². The molecule has 1 amide bonds. The van der Waals surface area contributed by atoms with Gasteiger partial charge in [0.15, 0.2) is 12.0 Å². The number of hydrogen-bond donors (Lipinski definition) is 3. The minimum atomic E-state index is -1.47. The molecule has 13 heteroatoms. The monoisotopic (exact) mass is 496 g/mol. The van der Waals surface area contributed by atoms with E-state index in [0.717, 1.165) is 0 Å². The third-order valence-electron chi connectivity index (χ3n) is 5.82. The summed E-state index contributed by atoms with van der Waals surface area (Å²) in [6, 6.07) is 6.79. The Morgan fingerprint density at radius 2 is 2.22 bits per heavy atom. The number of amides is 1. The molecule has 0 radical (unpaired) electrons. The van der Waals surface area contributed by atoms with Crippen LogP contribution in [0.1, 0.15) is 24.6 Å². The molecular formula is C23H25FN8O4. The molecule has 1 unspecified atom stereocenters. The van der Waals surface area contributed by atoms with Gasteiger partial charge in [-0.15, -0.1) is 0 Å². The highest BCUT2D eigenvalue weighted by Gasteiger charge is 2.34. The molecule has 1 aliphatic rings. The lowest BCUT2D eigenvalue weighted by atomic mass is 10.0. The molecule has 0 spiro atoms. The molecule has 36 heavy (non-hydrogen) atoms. The Labute approximate surface area is 206 Å². The van der Waals surface area contributed by atoms with Gasteiger partial charge < -0.3 is 25.2 Å². The van der Waals surface area contributed by atoms with Crippen LogP contribution >= 0.6 is 0 Å². The van der Waals surface area contributed by atoms with Crippen LogP contribution in [0.2, 0.25) is 0 Å². The zero-order valence-corrected chi connectivity index (χ0v) is 19.7. The van der Waals surface area contributed by atoms with Gasteiger partial charge in [0.05, 0.1) is 36.3 Å². The number of hydrogen-bond acceptors (Lipinski definition) is 10. The van der Waals surface area contributed by atoms with Crippen LogP contribution in [0.15, 0.2) is 30.7 Å². The van der Waals surface area contributed by atoms with E-state index in [1.165, 1.54) is 35.1 Å². The van der Waals surface area contributed by atoms with E-state index in [9.17, 15) is 24.7 Å². The van der Waals surface area contributed by atoms with E-state index in [-0.39, 0.29) is 43.4 Å². The Morgan fingerprint density at radius 1 is 1.42 bits per heavy atom. The van der Waals surface area contributed by atoms with E-state index >= 15 is 0 Å². The molecule has 3 atom stereocenters. The minimum absolute atomic E-state index is 0.173. The van der Waals surface area contributed by atoms with Crippen molar-refractivity contribution < 1.29 is 24.1 Å². The van der Waals surface area contributed by atoms with Crippen molar-refractivity contribution in [3.63, 3.8) is 0 Å². The summed E-state index contributed by atoms with van der Waals surface area (Å²) in [4.78, 5) is 25.8. The van der Waals surface area contributed by atoms with Crippen molar-refractivity contribution in [2.75, 3.05) is 18.4 Å². The predicted octanol–water partition coefficient (Wildman–Crippen LogP) is 1.08. The summed E-state index contributed by atoms with van der Waals surface area (Å²) in [7, 11) is 1.70. The average molecular weight is 497 g/mol. The lowest BCUT2D eigenvalue weighted by Gasteiger charge is -2.35. The zero-order valence-electron chi connectivity index (χ0n) is 19.7. The van der Waals surface area contributed by atoms with Gasteiger partial charge in [0.25, 0.3) is 5.91 Å². The van der Waals surface area contributed by atoms with Gasteiger partial charge in [-0.1, -0.05) is 0 Å². The summed E-state index contributed by atoms with van der Waals surface area (Å²) in [6.45, 7) is 1.17. The van der Waals surface area contributed by atoms with Gasteiger partial charge in [-0.2, -0.15) is 15.3 Å². The number of aliphatic hydroxyl groups excluding tert-OH is 2. The SMILES string of the molecule is CC(O)C(=O)N1CC[C@H](Oc2ccc(-c3ncnc(Nc4cnn(C)c4CO)n3)cc2C#N)[C@H](F)C1. The second-order valence-corrected chi connectivity index (χ2v) is 8.29. The van der Waals surface area contributed by atoms with Crippen LogP contribution in [0.4, 0.5) is 16.0 Å². The number of anilines is 2. The number of ether oxygens (including phenoxy) is 1. The molecule has 12 nitrogen and oxygen atoms in total. The molecule has 0 saturated carbocycles. The number of nitrogens with one attached hydrogen (secondary N) is 1. The normalized spacial score (nSPS) is 18.4. The maximum atomic E-state index is 14.7. The smallest absolute Gasteiger partial charge is 0.251 e. The number of carbonyl (C=O) groups excluding carboxylic acids is 1. The second-order valence-electron chi connectivity index (χ2n) is 8.29. The number of halogens is 1. The third kappa shape index (κ3) is 5.24. The number of carbonyl (C=O) groups is 1. The maximum Gasteiger partial charge on any atom is 0.251 e. The number of aromatic nitrogens is 5. The molecule has 1 aliphatic heterocycles. The molecule has 1 saturated heterocycles. The molecule has 2 aromatic heterocycles. The standard InChI is InChI=1S/C23H25FN8O4/c1-13(34)22(35)32-6-5-20(16(24)10-32)36-19-4-3-14(7-15(19)8-25)21-26-12-27-23(30-21)29-17-9-28-31(2)18(17)11-33/h3-4,7,9,12-13,16,20,33-34H,5-6,10-11H2,1-2H3,(H,26,27,29,30)/t13?,16-,20+/m1/s1. The Morgan fingerprint density at radius 3 is 2.92 bits per heavy atom. The Balaban J connectivity index is 1.49. The summed E-state index contributed by atoms with van der Waals surface area (Å²) >= 11 is 0. The zero-order chi connectivity index (χ0) is 25.8. The van der Waals surface area contributed by atoms with Crippen molar-refractivity contribution >= 4 is 17.5 Å². The highest BCUT2D eigenvalue weighted by molar-refractivity contribution is 5.80. The number of likely N-dealkylation sites (tertiary alicyclic amines) is 1. The minimum Gasteiger partial charge on any atom is -0.486 e. The summed E-state index contributed by atoms with van der Waals surface area (Å²) < 4.78 is 22.1. The summed E-state index contributed by atoms with van der Waals surface area (Å²) in [5.74, 6) is 0.193. The van der Waals surface area contributed by atoms with Crippen molar-refractivity contribution in [1.29, 1.82) is 5.26 Å². The molecule has 1 fully saturated rings. The first-order valence-corrected chi connectivity index (χ1v) is 11.2. The molecule has 3 N–H and O–H groups in total. The predicted molar refractivity (Wildman–Crippen MR) is 125 cm³/mol. The van der Waals surface area contributed by atoms with Gasteiger partial charge in [-0.25, -0.2) is 14.4 Å². The largest absolute Gasteiger partial charge is 0.486 e. The van der Waals surface area contributed by atoms with Crippen LogP contribution in [0.5, 0.6) is 5.75 Å². The third-order valence-corrected chi connectivity index (χ3v) is 5.82. The molecular weight excluding hydrogens is 471 g/mol. The number of rotatable bonds is 7. The number of nitriles is 1. The van der Waals surface area contributed by atoms with E-state index in [0.29, 0.717) is 22.8 Å². The van der Waals surface area contributed by atoms with Crippen molar-refractivity contribution in [1.82, 2.24) is 29.6 Å². The molecule has 3 aromatic rings. The number of aryl methyl sites for hydroxylation is 1. The fourth-order valence-corrected chi connectivity index (χ4v) is 3.87. The number of piperidine rings is 1. The van der Waals surface area contributed by atoms with Crippen LogP contribution in [0.25, 0.3) is 11.4 Å². The van der Waals surface area contributed by atoms with Gasteiger partial charge in [0.2, 0.25) is 5.95 Å². The maximum absolute atomic E-state index is 14.7. The molecule has 3 heterocycles. The fraction of sp³-hybridized carbons (Fsp3) is 0.391. The van der Waals surface area contributed by atoms with Crippen molar-refractivity contribution in [3.8, 4) is 23.2 Å². The molecule has 4 rings (SSSR count). The Kier molecular flexibility index (Phi) is 7.37. The fourth-order valence-electron chi connectivity index (χ4n) is 3.87. The summed E-state index contributed by atoms with van der Waals surface area (Å²) in [5, 5.41) is 35.7. The molecule has 188 valence electrons. The Bertz CT molecular complexity index is 1290. The van der Waals surface area contributed by atoms with Crippen LogP contribution in [-0.2, 0) is 18.4 Å². The van der Waals surface area contributed by atoms with Crippen molar-refractivity contribution in [3.05, 3.63) is 42.0 Å². The molecule has 0 bridgehead atoms. The summed E-state index contributed by atoms with van der Waals surface area (Å²) in [5.41, 5.74) is 1.79. The Hall–Kier alpha value is -4.15. The topological polar surface area (TPSA) is 162 Å². The van der Waals surface area contributed by atoms with E-state index in [1.807, 2.05) is 0 Å². The first kappa shape index (κ1) is 25.0. The number of benzene rings is 1. The number of aliphatic hydroxyl groups is 2. The van der Waals surface area contributed by atoms with Crippen LogP contribution in [0, 0.1) is 11.3 Å². The van der Waals surface area contributed by atoms with Crippen molar-refractivity contribution in [2.45, 2.75) is 38.3 Å². The quantitative estimate of drug-likeness (QED) is 0.431. The van der Waals surface area contributed by atoms with E-state index < -0.39 is 24.3 Å². The van der Waals surface area contributed by atoms with E-state index in [1.54, 1.807) is 19.2 Å². The number of nitrogens with zero attached hydrogens (tertiary/aromatic N) is 7. The lowest BCUT2D eigenvalue weighted by Crippen LogP contribution is -2.51. The average Bonchev–Trinajstić information content (AvgIpc) is 3.23. The lowest BCUT2D eigenvalue weighted by molar-refractivity contribution is -0.143. The number of alkyl halides is 1. The van der Waals surface area contributed by atoms with Gasteiger partial charge in [0.1, 0.15) is 30.4 Å².